The van der Waals surface area contributed by atoms with Gasteiger partial charge in [-0.15, -0.1) is 0 Å². The van der Waals surface area contributed by atoms with Crippen LogP contribution in [0.5, 0.6) is 0 Å². The second kappa shape index (κ2) is 4.60. The van der Waals surface area contributed by atoms with Gasteiger partial charge in [-0.1, -0.05) is 20.3 Å². The predicted molar refractivity (Wildman–Crippen MR) is 69.8 cm³/mol. The molecule has 0 aromatic rings. The molecule has 1 aliphatic heterocycles. The largest absolute Gasteiger partial charge is 0.352 e. The molecule has 2 fully saturated rings. The number of piperidine rings is 1. The van der Waals surface area contributed by atoms with Crippen molar-refractivity contribution in [3.8, 4) is 0 Å². The number of hydrogen-bond acceptors (Lipinski definition) is 2. The Balaban J connectivity index is 1.96. The molecule has 2 aliphatic rings. The average Bonchev–Trinajstić information content (AvgIpc) is 2.59. The van der Waals surface area contributed by atoms with Crippen LogP contribution in [-0.4, -0.2) is 25.0 Å². The summed E-state index contributed by atoms with van der Waals surface area (Å²) in [4.78, 5) is 12.4. The highest BCUT2D eigenvalue weighted by molar-refractivity contribution is 5.83. The quantitative estimate of drug-likeness (QED) is 0.773. The van der Waals surface area contributed by atoms with Crippen molar-refractivity contribution in [1.29, 1.82) is 0 Å². The smallest absolute Gasteiger partial charge is 0.227 e. The number of nitrogens with one attached hydrogen (secondary N) is 2. The fourth-order valence-electron chi connectivity index (χ4n) is 3.18. The van der Waals surface area contributed by atoms with Gasteiger partial charge in [0.1, 0.15) is 0 Å². The molecule has 0 aromatic heterocycles. The molecule has 1 saturated carbocycles. The van der Waals surface area contributed by atoms with Gasteiger partial charge in [0.15, 0.2) is 0 Å². The molecular formula is C14H26N2O. The van der Waals surface area contributed by atoms with Crippen LogP contribution in [0.2, 0.25) is 0 Å². The summed E-state index contributed by atoms with van der Waals surface area (Å²) in [6.45, 7) is 8.51. The lowest BCUT2D eigenvalue weighted by atomic mass is 9.80. The van der Waals surface area contributed by atoms with E-state index in [1.54, 1.807) is 0 Å². The van der Waals surface area contributed by atoms with Gasteiger partial charge in [0, 0.05) is 12.6 Å². The van der Waals surface area contributed by atoms with Crippen molar-refractivity contribution in [1.82, 2.24) is 10.6 Å². The Hall–Kier alpha value is -0.570. The molecular weight excluding hydrogens is 212 g/mol. The molecule has 3 heteroatoms. The minimum atomic E-state index is -0.197. The summed E-state index contributed by atoms with van der Waals surface area (Å²) in [6, 6.07) is 0.369. The summed E-state index contributed by atoms with van der Waals surface area (Å²) in [5.41, 5.74) is 0.0744. The monoisotopic (exact) mass is 238 g/mol. The first kappa shape index (κ1) is 12.9. The van der Waals surface area contributed by atoms with Gasteiger partial charge in [0.2, 0.25) is 5.91 Å². The summed E-state index contributed by atoms with van der Waals surface area (Å²) in [6.07, 6.45) is 5.74. The zero-order valence-corrected chi connectivity index (χ0v) is 11.4. The van der Waals surface area contributed by atoms with Crippen LogP contribution in [0.3, 0.4) is 0 Å². The van der Waals surface area contributed by atoms with Gasteiger partial charge in [-0.25, -0.2) is 0 Å². The third-order valence-electron chi connectivity index (χ3n) is 4.71. The van der Waals surface area contributed by atoms with Gasteiger partial charge in [-0.05, 0) is 44.6 Å². The Bertz CT molecular complexity index is 293. The van der Waals surface area contributed by atoms with Crippen LogP contribution in [0.15, 0.2) is 0 Å². The van der Waals surface area contributed by atoms with E-state index in [2.05, 4.69) is 31.4 Å². The minimum Gasteiger partial charge on any atom is -0.352 e. The van der Waals surface area contributed by atoms with Crippen molar-refractivity contribution in [2.24, 2.45) is 10.8 Å². The molecule has 2 N–H and O–H groups in total. The molecule has 0 spiro atoms. The van der Waals surface area contributed by atoms with Crippen LogP contribution in [0.4, 0.5) is 0 Å². The second-order valence-corrected chi connectivity index (χ2v) is 6.75. The SMILES string of the molecule is CC1(C(=O)NC2CCCC2(C)C)CCCNC1. The predicted octanol–water partition coefficient (Wildman–Crippen LogP) is 2.07. The summed E-state index contributed by atoms with van der Waals surface area (Å²) in [5.74, 6) is 0.254. The van der Waals surface area contributed by atoms with Crippen LogP contribution < -0.4 is 10.6 Å². The van der Waals surface area contributed by atoms with Gasteiger partial charge in [0.05, 0.1) is 5.41 Å². The van der Waals surface area contributed by atoms with Crippen molar-refractivity contribution < 1.29 is 4.79 Å². The molecule has 2 rings (SSSR count). The molecule has 0 aromatic carbocycles. The first-order valence-electron chi connectivity index (χ1n) is 6.96. The van der Waals surface area contributed by atoms with Crippen molar-refractivity contribution in [2.75, 3.05) is 13.1 Å². The standard InChI is InChI=1S/C14H26N2O/c1-13(2)7-4-6-11(13)16-12(17)14(3)8-5-9-15-10-14/h11,15H,4-10H2,1-3H3,(H,16,17). The van der Waals surface area contributed by atoms with E-state index in [1.807, 2.05) is 0 Å². The Morgan fingerprint density at radius 2 is 2.00 bits per heavy atom. The van der Waals surface area contributed by atoms with E-state index in [4.69, 9.17) is 0 Å². The Morgan fingerprint density at radius 1 is 1.24 bits per heavy atom. The third kappa shape index (κ3) is 2.65. The number of carbonyl (C=O) groups is 1. The van der Waals surface area contributed by atoms with Gasteiger partial charge in [-0.3, -0.25) is 4.79 Å². The topological polar surface area (TPSA) is 41.1 Å². The average molecular weight is 238 g/mol. The van der Waals surface area contributed by atoms with E-state index < -0.39 is 0 Å². The van der Waals surface area contributed by atoms with Crippen molar-refractivity contribution >= 4 is 5.91 Å². The number of rotatable bonds is 2. The van der Waals surface area contributed by atoms with Crippen molar-refractivity contribution in [3.63, 3.8) is 0 Å². The zero-order chi connectivity index (χ0) is 12.5. The lowest BCUT2D eigenvalue weighted by Gasteiger charge is -2.36. The van der Waals surface area contributed by atoms with Crippen LogP contribution in [0, 0.1) is 10.8 Å². The highest BCUT2D eigenvalue weighted by Crippen LogP contribution is 2.38. The molecule has 0 bridgehead atoms. The maximum absolute atomic E-state index is 12.4. The number of amides is 1. The zero-order valence-electron chi connectivity index (χ0n) is 11.4. The molecule has 2 atom stereocenters. The van der Waals surface area contributed by atoms with Gasteiger partial charge < -0.3 is 10.6 Å². The summed E-state index contributed by atoms with van der Waals surface area (Å²) < 4.78 is 0. The van der Waals surface area contributed by atoms with Crippen molar-refractivity contribution in [2.45, 2.75) is 58.9 Å². The van der Waals surface area contributed by atoms with Crippen LogP contribution in [-0.2, 0) is 4.79 Å². The second-order valence-electron chi connectivity index (χ2n) is 6.75. The maximum atomic E-state index is 12.4. The fraction of sp³-hybridized carbons (Fsp3) is 0.929. The van der Waals surface area contributed by atoms with E-state index in [-0.39, 0.29) is 16.7 Å². The molecule has 3 nitrogen and oxygen atoms in total. The molecule has 1 saturated heterocycles. The highest BCUT2D eigenvalue weighted by atomic mass is 16.2. The molecule has 1 amide bonds. The van der Waals surface area contributed by atoms with Crippen LogP contribution in [0.25, 0.3) is 0 Å². The van der Waals surface area contributed by atoms with E-state index in [9.17, 15) is 4.79 Å². The van der Waals surface area contributed by atoms with Gasteiger partial charge in [0.25, 0.3) is 0 Å². The van der Waals surface area contributed by atoms with Gasteiger partial charge in [-0.2, -0.15) is 0 Å². The van der Waals surface area contributed by atoms with E-state index in [1.165, 1.54) is 12.8 Å². The molecule has 98 valence electrons. The molecule has 1 heterocycles. The lowest BCUT2D eigenvalue weighted by molar-refractivity contribution is -0.132. The van der Waals surface area contributed by atoms with Crippen LogP contribution >= 0.6 is 0 Å². The Kier molecular flexibility index (Phi) is 3.48. The van der Waals surface area contributed by atoms with E-state index in [0.717, 1.165) is 32.4 Å². The number of hydrogen-bond donors (Lipinski definition) is 2. The first-order valence-corrected chi connectivity index (χ1v) is 6.96. The summed E-state index contributed by atoms with van der Waals surface area (Å²) >= 11 is 0. The lowest BCUT2D eigenvalue weighted by Crippen LogP contribution is -2.53. The Labute approximate surface area is 105 Å². The van der Waals surface area contributed by atoms with E-state index >= 15 is 0 Å². The number of carbonyl (C=O) groups excluding carboxylic acids is 1. The van der Waals surface area contributed by atoms with Gasteiger partial charge >= 0.3 is 0 Å². The third-order valence-corrected chi connectivity index (χ3v) is 4.71. The Morgan fingerprint density at radius 3 is 2.53 bits per heavy atom. The van der Waals surface area contributed by atoms with E-state index in [0.29, 0.717) is 6.04 Å². The molecule has 1 aliphatic carbocycles. The molecule has 17 heavy (non-hydrogen) atoms. The first-order chi connectivity index (χ1) is 7.94. The summed E-state index contributed by atoms with van der Waals surface area (Å²) in [5, 5.41) is 6.64. The molecule has 2 unspecified atom stereocenters. The maximum Gasteiger partial charge on any atom is 0.227 e. The minimum absolute atomic E-state index is 0.197. The highest BCUT2D eigenvalue weighted by Gasteiger charge is 2.40. The van der Waals surface area contributed by atoms with Crippen molar-refractivity contribution in [3.05, 3.63) is 0 Å². The normalized spacial score (nSPS) is 36.8. The van der Waals surface area contributed by atoms with Crippen LogP contribution in [0.1, 0.15) is 52.9 Å². The fourth-order valence-corrected chi connectivity index (χ4v) is 3.18. The summed E-state index contributed by atoms with van der Waals surface area (Å²) in [7, 11) is 0. The molecule has 0 radical (unpaired) electrons.